The van der Waals surface area contributed by atoms with Crippen LogP contribution in [0.5, 0.6) is 0 Å². The van der Waals surface area contributed by atoms with Crippen LogP contribution in [0.15, 0.2) is 48.5 Å². The third-order valence-electron chi connectivity index (χ3n) is 4.16. The average Bonchev–Trinajstić information content (AvgIpc) is 2.65. The van der Waals surface area contributed by atoms with Gasteiger partial charge >= 0.3 is 133 Å². The Bertz CT molecular complexity index is 559. The van der Waals surface area contributed by atoms with Crippen LogP contribution >= 0.6 is 0 Å². The summed E-state index contributed by atoms with van der Waals surface area (Å²) in [6.45, 7) is 1.15. The first-order valence-corrected chi connectivity index (χ1v) is 12.4. The van der Waals surface area contributed by atoms with Gasteiger partial charge in [-0.2, -0.15) is 0 Å². The number of hydrogen-bond acceptors (Lipinski definition) is 1. The summed E-state index contributed by atoms with van der Waals surface area (Å²) in [6, 6.07) is 17.9. The van der Waals surface area contributed by atoms with Crippen LogP contribution in [0.2, 0.25) is 17.0 Å². The molecule has 1 heterocycles. The molecule has 0 unspecified atom stereocenters. The van der Waals surface area contributed by atoms with E-state index in [4.69, 9.17) is 0 Å². The SMILES string of the molecule is C[Se+](C)CCCN1c2ccccc2CCc2ccccc21. The second-order valence-electron chi connectivity index (χ2n) is 5.95. The molecule has 1 nitrogen and oxygen atoms in total. The van der Waals surface area contributed by atoms with Crippen LogP contribution < -0.4 is 4.90 Å². The Labute approximate surface area is 132 Å². The first-order valence-electron chi connectivity index (χ1n) is 7.73. The summed E-state index contributed by atoms with van der Waals surface area (Å²) in [5.41, 5.74) is 5.83. The van der Waals surface area contributed by atoms with Gasteiger partial charge < -0.3 is 0 Å². The molecule has 0 bridgehead atoms. The monoisotopic (exact) mass is 346 g/mol. The second-order valence-corrected chi connectivity index (χ2v) is 10.9. The minimum atomic E-state index is -0.330. The van der Waals surface area contributed by atoms with E-state index in [2.05, 4.69) is 65.1 Å². The number of anilines is 2. The zero-order valence-electron chi connectivity index (χ0n) is 13.0. The van der Waals surface area contributed by atoms with Crippen LogP contribution in [0.3, 0.4) is 0 Å². The van der Waals surface area contributed by atoms with Gasteiger partial charge in [0.15, 0.2) is 0 Å². The van der Waals surface area contributed by atoms with Gasteiger partial charge in [-0.15, -0.1) is 0 Å². The van der Waals surface area contributed by atoms with Crippen molar-refractivity contribution in [1.82, 2.24) is 0 Å². The van der Waals surface area contributed by atoms with Crippen LogP contribution in [0.25, 0.3) is 0 Å². The van der Waals surface area contributed by atoms with E-state index < -0.39 is 0 Å². The molecule has 0 aromatic heterocycles. The molecule has 0 spiro atoms. The van der Waals surface area contributed by atoms with E-state index in [-0.39, 0.29) is 13.9 Å². The number of rotatable bonds is 4. The van der Waals surface area contributed by atoms with Gasteiger partial charge in [-0.3, -0.25) is 0 Å². The first kappa shape index (κ1) is 14.7. The molecule has 0 saturated carbocycles. The number of fused-ring (bicyclic) bond motifs is 2. The summed E-state index contributed by atoms with van der Waals surface area (Å²) in [5.74, 6) is 4.87. The zero-order chi connectivity index (χ0) is 14.7. The van der Waals surface area contributed by atoms with Crippen molar-refractivity contribution in [1.29, 1.82) is 0 Å². The molecule has 3 rings (SSSR count). The fraction of sp³-hybridized carbons (Fsp3) is 0.368. The summed E-state index contributed by atoms with van der Waals surface area (Å²) >= 11 is -0.330. The number of nitrogens with zero attached hydrogens (tertiary/aromatic N) is 1. The summed E-state index contributed by atoms with van der Waals surface area (Å²) in [4.78, 5) is 2.56. The molecule has 0 saturated heterocycles. The van der Waals surface area contributed by atoms with Gasteiger partial charge in [0.25, 0.3) is 0 Å². The van der Waals surface area contributed by atoms with E-state index in [1.165, 1.54) is 34.2 Å². The standard InChI is InChI=1S/C19H24NSe/c1-21(2)15-7-14-20-18-10-5-3-8-16(18)12-13-17-9-4-6-11-19(17)20/h3-6,8-11H,7,12-15H2,1-2H3/q+1. The van der Waals surface area contributed by atoms with Gasteiger partial charge in [-0.05, 0) is 0 Å². The van der Waals surface area contributed by atoms with Crippen LogP contribution in [-0.2, 0) is 12.8 Å². The van der Waals surface area contributed by atoms with Crippen molar-refractivity contribution in [2.75, 3.05) is 11.4 Å². The molecule has 0 fully saturated rings. The van der Waals surface area contributed by atoms with Gasteiger partial charge in [0, 0.05) is 0 Å². The van der Waals surface area contributed by atoms with E-state index in [1.54, 1.807) is 0 Å². The van der Waals surface area contributed by atoms with Crippen LogP contribution in [0.4, 0.5) is 11.4 Å². The minimum absolute atomic E-state index is 0.330. The fourth-order valence-corrected chi connectivity index (χ4v) is 4.60. The molecule has 1 aliphatic rings. The molecule has 2 heteroatoms. The maximum absolute atomic E-state index is 2.56. The van der Waals surface area contributed by atoms with Crippen molar-refractivity contribution in [2.45, 2.75) is 36.2 Å². The second kappa shape index (κ2) is 6.68. The summed E-state index contributed by atoms with van der Waals surface area (Å²) in [5, 5.41) is 1.42. The van der Waals surface area contributed by atoms with Crippen LogP contribution in [0.1, 0.15) is 17.5 Å². The van der Waals surface area contributed by atoms with Crippen molar-refractivity contribution in [3.63, 3.8) is 0 Å². The van der Waals surface area contributed by atoms with Gasteiger partial charge in [0.2, 0.25) is 0 Å². The van der Waals surface area contributed by atoms with E-state index in [1.807, 2.05) is 0 Å². The Morgan fingerprint density at radius 3 is 1.90 bits per heavy atom. The van der Waals surface area contributed by atoms with Gasteiger partial charge in [-0.1, -0.05) is 0 Å². The molecule has 2 aromatic rings. The van der Waals surface area contributed by atoms with Crippen molar-refractivity contribution < 1.29 is 0 Å². The normalized spacial score (nSPS) is 13.8. The molecule has 110 valence electrons. The predicted octanol–water partition coefficient (Wildman–Crippen LogP) is 5.07. The Kier molecular flexibility index (Phi) is 4.67. The Hall–Kier alpha value is -1.24. The van der Waals surface area contributed by atoms with Crippen molar-refractivity contribution in [2.24, 2.45) is 0 Å². The fourth-order valence-electron chi connectivity index (χ4n) is 3.12. The average molecular weight is 345 g/mol. The Morgan fingerprint density at radius 2 is 1.38 bits per heavy atom. The summed E-state index contributed by atoms with van der Waals surface area (Å²) in [7, 11) is 0. The number of benzene rings is 2. The number of hydrogen-bond donors (Lipinski definition) is 0. The van der Waals surface area contributed by atoms with Crippen molar-refractivity contribution in [3.05, 3.63) is 59.7 Å². The molecular weight excluding hydrogens is 321 g/mol. The van der Waals surface area contributed by atoms with Gasteiger partial charge in [-0.25, -0.2) is 0 Å². The summed E-state index contributed by atoms with van der Waals surface area (Å²) in [6.07, 6.45) is 3.61. The molecule has 0 atom stereocenters. The van der Waals surface area contributed by atoms with E-state index >= 15 is 0 Å². The molecule has 21 heavy (non-hydrogen) atoms. The number of para-hydroxylation sites is 2. The Morgan fingerprint density at radius 1 is 0.857 bits per heavy atom. The van der Waals surface area contributed by atoms with E-state index in [0.717, 1.165) is 19.4 Å². The van der Waals surface area contributed by atoms with Crippen LogP contribution in [0, 0.1) is 0 Å². The van der Waals surface area contributed by atoms with Crippen molar-refractivity contribution >= 4 is 25.3 Å². The molecule has 0 aliphatic carbocycles. The third kappa shape index (κ3) is 3.33. The third-order valence-corrected chi connectivity index (χ3v) is 6.48. The van der Waals surface area contributed by atoms with Crippen molar-refractivity contribution in [3.8, 4) is 0 Å². The molecule has 0 radical (unpaired) electrons. The molecule has 0 amide bonds. The molecular formula is C19H24NSe+. The van der Waals surface area contributed by atoms with E-state index in [9.17, 15) is 0 Å². The Balaban J connectivity index is 1.95. The molecule has 0 N–H and O–H groups in total. The predicted molar refractivity (Wildman–Crippen MR) is 94.2 cm³/mol. The first-order chi connectivity index (χ1) is 10.3. The van der Waals surface area contributed by atoms with Gasteiger partial charge in [0.05, 0.1) is 0 Å². The van der Waals surface area contributed by atoms with E-state index in [0.29, 0.717) is 0 Å². The quantitative estimate of drug-likeness (QED) is 0.700. The van der Waals surface area contributed by atoms with Crippen LogP contribution in [-0.4, -0.2) is 20.4 Å². The van der Waals surface area contributed by atoms with Gasteiger partial charge in [0.1, 0.15) is 0 Å². The summed E-state index contributed by atoms with van der Waals surface area (Å²) < 4.78 is 0. The number of aryl methyl sites for hydroxylation is 2. The molecule has 1 aliphatic heterocycles. The maximum atomic E-state index is 2.56. The molecule has 2 aromatic carbocycles. The zero-order valence-corrected chi connectivity index (χ0v) is 14.7. The topological polar surface area (TPSA) is 3.24 Å².